The molecule has 0 radical (unpaired) electrons. The number of aryl methyl sites for hydroxylation is 2. The summed E-state index contributed by atoms with van der Waals surface area (Å²) in [5.41, 5.74) is 3.37. The number of aliphatic hydroxyl groups excluding tert-OH is 1. The summed E-state index contributed by atoms with van der Waals surface area (Å²) in [7, 11) is 1.56. The Hall–Kier alpha value is -4.85. The third kappa shape index (κ3) is 5.76. The quantitative estimate of drug-likeness (QED) is 0.168. The van der Waals surface area contributed by atoms with Gasteiger partial charge in [0.1, 0.15) is 23.9 Å². The van der Waals surface area contributed by atoms with Gasteiger partial charge in [-0.25, -0.2) is 4.98 Å². The van der Waals surface area contributed by atoms with Crippen LogP contribution in [-0.4, -0.2) is 44.9 Å². The highest BCUT2D eigenvalue weighted by molar-refractivity contribution is 6.46. The van der Waals surface area contributed by atoms with Crippen molar-refractivity contribution >= 4 is 17.4 Å². The van der Waals surface area contributed by atoms with Crippen LogP contribution in [0.4, 0.5) is 0 Å². The third-order valence-electron chi connectivity index (χ3n) is 6.94. The Bertz CT molecular complexity index is 1530. The maximum Gasteiger partial charge on any atom is 0.295 e. The number of amides is 1. The smallest absolute Gasteiger partial charge is 0.295 e. The molecule has 1 N–H and O–H groups in total. The molecule has 0 bridgehead atoms. The Morgan fingerprint density at radius 1 is 0.975 bits per heavy atom. The number of ether oxygens (including phenoxy) is 2. The van der Waals surface area contributed by atoms with Crippen molar-refractivity contribution in [2.45, 2.75) is 32.5 Å². The molecule has 1 aromatic heterocycles. The molecule has 4 aromatic rings. The van der Waals surface area contributed by atoms with Crippen molar-refractivity contribution in [1.29, 1.82) is 0 Å². The Morgan fingerprint density at radius 2 is 1.77 bits per heavy atom. The normalized spacial score (nSPS) is 16.4. The molecule has 0 spiro atoms. The van der Waals surface area contributed by atoms with Crippen molar-refractivity contribution in [2.24, 2.45) is 0 Å². The van der Waals surface area contributed by atoms with Gasteiger partial charge in [0.05, 0.1) is 25.1 Å². The number of Topliss-reactive ketones (excluding diaryl/α,β-unsaturated/α-hetero) is 1. The van der Waals surface area contributed by atoms with Gasteiger partial charge in [-0.05, 0) is 60.9 Å². The molecule has 1 saturated heterocycles. The lowest BCUT2D eigenvalue weighted by Gasteiger charge is -2.25. The van der Waals surface area contributed by atoms with E-state index >= 15 is 0 Å². The molecule has 1 aliphatic rings. The number of aromatic nitrogens is 2. The molecule has 1 unspecified atom stereocenters. The maximum atomic E-state index is 13.3. The number of benzene rings is 3. The molecule has 204 valence electrons. The van der Waals surface area contributed by atoms with Crippen molar-refractivity contribution in [1.82, 2.24) is 14.5 Å². The highest BCUT2D eigenvalue weighted by atomic mass is 16.5. The molecule has 0 saturated carbocycles. The molecule has 5 rings (SSSR count). The predicted molar refractivity (Wildman–Crippen MR) is 151 cm³/mol. The molecule has 0 aliphatic carbocycles. The van der Waals surface area contributed by atoms with E-state index in [0.29, 0.717) is 48.7 Å². The van der Waals surface area contributed by atoms with Crippen molar-refractivity contribution in [3.05, 3.63) is 119 Å². The fraction of sp³-hybridized carbons (Fsp3) is 0.219. The van der Waals surface area contributed by atoms with Gasteiger partial charge in [0.2, 0.25) is 0 Å². The number of imidazole rings is 1. The Labute approximate surface area is 233 Å². The van der Waals surface area contributed by atoms with E-state index in [2.05, 4.69) is 11.1 Å². The van der Waals surface area contributed by atoms with E-state index in [1.807, 2.05) is 42.0 Å². The number of carbonyl (C=O) groups excluding carboxylic acids is 2. The molecule has 1 amide bonds. The summed E-state index contributed by atoms with van der Waals surface area (Å²) in [5, 5.41) is 11.4. The molecule has 8 nitrogen and oxygen atoms in total. The van der Waals surface area contributed by atoms with E-state index in [0.717, 1.165) is 11.1 Å². The fourth-order valence-electron chi connectivity index (χ4n) is 4.94. The van der Waals surface area contributed by atoms with Gasteiger partial charge in [-0.15, -0.1) is 0 Å². The fourth-order valence-corrected chi connectivity index (χ4v) is 4.94. The number of ketones is 1. The first kappa shape index (κ1) is 26.7. The number of carbonyl (C=O) groups is 2. The average Bonchev–Trinajstić information content (AvgIpc) is 3.58. The minimum atomic E-state index is -0.755. The van der Waals surface area contributed by atoms with Crippen LogP contribution in [0.1, 0.15) is 34.7 Å². The van der Waals surface area contributed by atoms with Gasteiger partial charge in [-0.1, -0.05) is 42.0 Å². The SMILES string of the molecule is COc1cccc(C2/C(=C(\O)c3ccc(OCc4cccc(C)c4)cc3)C(=O)C(=O)N2CCCn2ccnc2)c1. The largest absolute Gasteiger partial charge is 0.507 e. The Balaban J connectivity index is 1.42. The monoisotopic (exact) mass is 537 g/mol. The minimum Gasteiger partial charge on any atom is -0.507 e. The van der Waals surface area contributed by atoms with Crippen LogP contribution in [0.25, 0.3) is 5.76 Å². The second kappa shape index (κ2) is 11.9. The van der Waals surface area contributed by atoms with E-state index in [-0.39, 0.29) is 11.3 Å². The highest BCUT2D eigenvalue weighted by Crippen LogP contribution is 2.40. The van der Waals surface area contributed by atoms with E-state index in [1.165, 1.54) is 4.90 Å². The number of methoxy groups -OCH3 is 1. The first-order valence-corrected chi connectivity index (χ1v) is 13.1. The zero-order valence-electron chi connectivity index (χ0n) is 22.5. The number of rotatable bonds is 10. The Kier molecular flexibility index (Phi) is 7.96. The third-order valence-corrected chi connectivity index (χ3v) is 6.94. The second-order valence-electron chi connectivity index (χ2n) is 9.73. The molecular weight excluding hydrogens is 506 g/mol. The predicted octanol–water partition coefficient (Wildman–Crippen LogP) is 5.29. The molecular formula is C32H31N3O5. The minimum absolute atomic E-state index is 0.0503. The van der Waals surface area contributed by atoms with Gasteiger partial charge >= 0.3 is 0 Å². The summed E-state index contributed by atoms with van der Waals surface area (Å²) in [4.78, 5) is 32.2. The van der Waals surface area contributed by atoms with Gasteiger partial charge in [0, 0.05) is 31.0 Å². The lowest BCUT2D eigenvalue weighted by molar-refractivity contribution is -0.139. The Morgan fingerprint density at radius 3 is 2.50 bits per heavy atom. The van der Waals surface area contributed by atoms with Crippen LogP contribution in [0.15, 0.2) is 97.1 Å². The zero-order valence-corrected chi connectivity index (χ0v) is 22.5. The molecule has 1 atom stereocenters. The number of likely N-dealkylation sites (tertiary alicyclic amines) is 1. The summed E-state index contributed by atoms with van der Waals surface area (Å²) < 4.78 is 13.2. The first-order valence-electron chi connectivity index (χ1n) is 13.1. The summed E-state index contributed by atoms with van der Waals surface area (Å²) in [6.45, 7) is 3.40. The highest BCUT2D eigenvalue weighted by Gasteiger charge is 2.45. The van der Waals surface area contributed by atoms with E-state index in [1.54, 1.807) is 62.1 Å². The van der Waals surface area contributed by atoms with Crippen LogP contribution in [0, 0.1) is 6.92 Å². The summed E-state index contributed by atoms with van der Waals surface area (Å²) in [6.07, 6.45) is 5.86. The van der Waals surface area contributed by atoms with Crippen LogP contribution >= 0.6 is 0 Å². The molecule has 40 heavy (non-hydrogen) atoms. The number of hydrogen-bond acceptors (Lipinski definition) is 6. The van der Waals surface area contributed by atoms with Gasteiger partial charge in [0.15, 0.2) is 0 Å². The van der Waals surface area contributed by atoms with Crippen molar-refractivity contribution < 1.29 is 24.2 Å². The summed E-state index contributed by atoms with van der Waals surface area (Å²) in [6, 6.07) is 21.4. The van der Waals surface area contributed by atoms with Crippen LogP contribution in [0.5, 0.6) is 11.5 Å². The lowest BCUT2D eigenvalue weighted by Crippen LogP contribution is -2.31. The van der Waals surface area contributed by atoms with Crippen LogP contribution in [0.3, 0.4) is 0 Å². The van der Waals surface area contributed by atoms with Crippen molar-refractivity contribution in [2.75, 3.05) is 13.7 Å². The van der Waals surface area contributed by atoms with Crippen LogP contribution < -0.4 is 9.47 Å². The molecule has 3 aromatic carbocycles. The summed E-state index contributed by atoms with van der Waals surface area (Å²) >= 11 is 0. The van der Waals surface area contributed by atoms with Crippen LogP contribution in [0.2, 0.25) is 0 Å². The van der Waals surface area contributed by atoms with Crippen molar-refractivity contribution in [3.63, 3.8) is 0 Å². The van der Waals surface area contributed by atoms with E-state index < -0.39 is 17.7 Å². The zero-order chi connectivity index (χ0) is 28.1. The van der Waals surface area contributed by atoms with Gasteiger partial charge in [0.25, 0.3) is 11.7 Å². The van der Waals surface area contributed by atoms with Crippen molar-refractivity contribution in [3.8, 4) is 11.5 Å². The lowest BCUT2D eigenvalue weighted by atomic mass is 9.95. The number of aliphatic hydroxyl groups is 1. The number of hydrogen-bond donors (Lipinski definition) is 1. The standard InChI is InChI=1S/C32H31N3O5/c1-22-6-3-7-23(18-22)20-40-26-12-10-24(11-13-26)30(36)28-29(25-8-4-9-27(19-25)39-2)35(32(38)31(28)37)16-5-15-34-17-14-33-21-34/h3-4,6-14,17-19,21,29,36H,5,15-16,20H2,1-2H3/b30-28+. The molecule has 1 aliphatic heterocycles. The molecule has 2 heterocycles. The first-order chi connectivity index (χ1) is 19.4. The average molecular weight is 538 g/mol. The molecule has 8 heteroatoms. The summed E-state index contributed by atoms with van der Waals surface area (Å²) in [5.74, 6) is -0.363. The number of nitrogens with zero attached hydrogens (tertiary/aromatic N) is 3. The second-order valence-corrected chi connectivity index (χ2v) is 9.73. The van der Waals surface area contributed by atoms with Gasteiger partial charge in [-0.3, -0.25) is 9.59 Å². The maximum absolute atomic E-state index is 13.3. The van der Waals surface area contributed by atoms with Crippen LogP contribution in [-0.2, 0) is 22.7 Å². The van der Waals surface area contributed by atoms with Gasteiger partial charge in [-0.2, -0.15) is 0 Å². The molecule has 1 fully saturated rings. The van der Waals surface area contributed by atoms with E-state index in [4.69, 9.17) is 9.47 Å². The topological polar surface area (TPSA) is 93.9 Å². The van der Waals surface area contributed by atoms with Gasteiger partial charge < -0.3 is 24.0 Å². The van der Waals surface area contributed by atoms with E-state index in [9.17, 15) is 14.7 Å².